The zero-order valence-corrected chi connectivity index (χ0v) is 15.1. The predicted molar refractivity (Wildman–Crippen MR) is 96.2 cm³/mol. The molecule has 0 atom stereocenters. The lowest BCUT2D eigenvalue weighted by molar-refractivity contribution is -0.169. The van der Waals surface area contributed by atoms with E-state index in [0.717, 1.165) is 0 Å². The second-order valence-corrected chi connectivity index (χ2v) is 6.37. The largest absolute Gasteiger partial charge is 0.476 e. The number of carbonyl (C=O) groups is 3. The van der Waals surface area contributed by atoms with E-state index in [0.29, 0.717) is 21.9 Å². The summed E-state index contributed by atoms with van der Waals surface area (Å²) in [5.41, 5.74) is 4.68. The minimum absolute atomic E-state index is 0.166. The Hall–Kier alpha value is -2.70. The Morgan fingerprint density at radius 1 is 0.962 bits per heavy atom. The first-order valence-corrected chi connectivity index (χ1v) is 8.15. The number of halogens is 1. The van der Waals surface area contributed by atoms with Crippen LogP contribution in [0.15, 0.2) is 48.5 Å². The van der Waals surface area contributed by atoms with Crippen molar-refractivity contribution in [3.63, 3.8) is 0 Å². The van der Waals surface area contributed by atoms with Crippen LogP contribution in [-0.4, -0.2) is 29.9 Å². The van der Waals surface area contributed by atoms with E-state index in [4.69, 9.17) is 22.1 Å². The van der Waals surface area contributed by atoms with Crippen LogP contribution < -0.4 is 10.5 Å². The maximum absolute atomic E-state index is 12.4. The maximum atomic E-state index is 12.4. The molecule has 0 amide bonds. The van der Waals surface area contributed by atoms with Gasteiger partial charge in [-0.15, -0.1) is 0 Å². The summed E-state index contributed by atoms with van der Waals surface area (Å²) < 4.78 is 10.1. The number of hydrogen-bond donors (Lipinski definition) is 1. The molecule has 0 aliphatic rings. The fourth-order valence-corrected chi connectivity index (χ4v) is 2.17. The lowest BCUT2D eigenvalue weighted by Gasteiger charge is -2.23. The SMILES string of the molecule is CC(C)(Oc1ccc(C(=O)c2ccc(Cl)cc2)cc1)C(=O)OC(=O)CN. The van der Waals surface area contributed by atoms with Gasteiger partial charge in [-0.25, -0.2) is 4.79 Å². The Kier molecular flexibility index (Phi) is 6.13. The Bertz CT molecular complexity index is 813. The molecule has 0 saturated heterocycles. The van der Waals surface area contributed by atoms with E-state index in [1.165, 1.54) is 13.8 Å². The topological polar surface area (TPSA) is 95.7 Å². The third-order valence-electron chi connectivity index (χ3n) is 3.46. The minimum atomic E-state index is -1.40. The number of ketones is 1. The fourth-order valence-electron chi connectivity index (χ4n) is 2.05. The van der Waals surface area contributed by atoms with Gasteiger partial charge in [-0.05, 0) is 62.4 Å². The normalized spacial score (nSPS) is 10.9. The monoisotopic (exact) mass is 375 g/mol. The van der Waals surface area contributed by atoms with Gasteiger partial charge in [-0.3, -0.25) is 9.59 Å². The zero-order valence-electron chi connectivity index (χ0n) is 14.3. The molecule has 2 rings (SSSR count). The molecule has 0 unspecified atom stereocenters. The second-order valence-electron chi connectivity index (χ2n) is 5.94. The van der Waals surface area contributed by atoms with E-state index in [1.807, 2.05) is 0 Å². The van der Waals surface area contributed by atoms with Crippen molar-refractivity contribution in [1.29, 1.82) is 0 Å². The molecule has 0 heterocycles. The summed E-state index contributed by atoms with van der Waals surface area (Å²) >= 11 is 5.82. The molecule has 2 aromatic carbocycles. The van der Waals surface area contributed by atoms with E-state index in [9.17, 15) is 14.4 Å². The molecular weight excluding hydrogens is 358 g/mol. The highest BCUT2D eigenvalue weighted by atomic mass is 35.5. The molecule has 2 aromatic rings. The Labute approximate surface area is 155 Å². The summed E-state index contributed by atoms with van der Waals surface area (Å²) in [7, 11) is 0. The smallest absolute Gasteiger partial charge is 0.357 e. The second kappa shape index (κ2) is 8.12. The highest BCUT2D eigenvalue weighted by Crippen LogP contribution is 2.22. The molecular formula is C19H18ClNO5. The summed E-state index contributed by atoms with van der Waals surface area (Å²) in [5, 5.41) is 0.549. The summed E-state index contributed by atoms with van der Waals surface area (Å²) in [6, 6.07) is 12.8. The third kappa shape index (κ3) is 4.91. The minimum Gasteiger partial charge on any atom is -0.476 e. The zero-order chi connectivity index (χ0) is 19.3. The average molecular weight is 376 g/mol. The average Bonchev–Trinajstić information content (AvgIpc) is 2.62. The summed E-state index contributed by atoms with van der Waals surface area (Å²) in [4.78, 5) is 35.5. The van der Waals surface area contributed by atoms with Gasteiger partial charge in [0.25, 0.3) is 0 Å². The molecule has 0 aliphatic heterocycles. The van der Waals surface area contributed by atoms with E-state index in [2.05, 4.69) is 4.74 Å². The number of ether oxygens (including phenoxy) is 2. The molecule has 6 nitrogen and oxygen atoms in total. The first kappa shape index (κ1) is 19.6. The van der Waals surface area contributed by atoms with E-state index >= 15 is 0 Å². The van der Waals surface area contributed by atoms with E-state index in [1.54, 1.807) is 48.5 Å². The van der Waals surface area contributed by atoms with Crippen LogP contribution in [0.1, 0.15) is 29.8 Å². The van der Waals surface area contributed by atoms with Crippen LogP contribution in [0.3, 0.4) is 0 Å². The molecule has 0 spiro atoms. The van der Waals surface area contributed by atoms with Crippen LogP contribution in [-0.2, 0) is 14.3 Å². The van der Waals surface area contributed by atoms with Crippen LogP contribution in [0.25, 0.3) is 0 Å². The van der Waals surface area contributed by atoms with Crippen LogP contribution >= 0.6 is 11.6 Å². The molecule has 0 radical (unpaired) electrons. The van der Waals surface area contributed by atoms with Gasteiger partial charge in [0, 0.05) is 16.1 Å². The number of hydrogen-bond acceptors (Lipinski definition) is 6. The van der Waals surface area contributed by atoms with Crippen molar-refractivity contribution in [2.24, 2.45) is 5.73 Å². The highest BCUT2D eigenvalue weighted by molar-refractivity contribution is 6.30. The number of nitrogens with two attached hydrogens (primary N) is 1. The molecule has 0 aromatic heterocycles. The summed E-state index contributed by atoms with van der Waals surface area (Å²) in [6.45, 7) is 2.53. The van der Waals surface area contributed by atoms with Gasteiger partial charge in [0.1, 0.15) is 5.75 Å². The van der Waals surface area contributed by atoms with Crippen LogP contribution in [0, 0.1) is 0 Å². The number of rotatable bonds is 6. The first-order chi connectivity index (χ1) is 12.2. The summed E-state index contributed by atoms with van der Waals surface area (Å²) in [6.07, 6.45) is 0. The van der Waals surface area contributed by atoms with Gasteiger partial charge in [0.15, 0.2) is 5.78 Å². The predicted octanol–water partition coefficient (Wildman–Crippen LogP) is 2.76. The van der Waals surface area contributed by atoms with Crippen molar-refractivity contribution >= 4 is 29.3 Å². The molecule has 26 heavy (non-hydrogen) atoms. The van der Waals surface area contributed by atoms with Crippen molar-refractivity contribution < 1.29 is 23.9 Å². The Balaban J connectivity index is 2.09. The number of carbonyl (C=O) groups excluding carboxylic acids is 3. The maximum Gasteiger partial charge on any atom is 0.357 e. The quantitative estimate of drug-likeness (QED) is 0.474. The molecule has 0 saturated carbocycles. The molecule has 0 bridgehead atoms. The van der Waals surface area contributed by atoms with Crippen molar-refractivity contribution in [3.8, 4) is 5.75 Å². The van der Waals surface area contributed by atoms with Crippen molar-refractivity contribution in [2.45, 2.75) is 19.4 Å². The molecule has 0 fully saturated rings. The third-order valence-corrected chi connectivity index (χ3v) is 3.71. The van der Waals surface area contributed by atoms with E-state index < -0.39 is 24.1 Å². The molecule has 136 valence electrons. The number of benzene rings is 2. The van der Waals surface area contributed by atoms with Gasteiger partial charge in [0.2, 0.25) is 5.60 Å². The lowest BCUT2D eigenvalue weighted by atomic mass is 10.0. The van der Waals surface area contributed by atoms with Gasteiger partial charge >= 0.3 is 11.9 Å². The Morgan fingerprint density at radius 3 is 1.96 bits per heavy atom. The van der Waals surface area contributed by atoms with Crippen molar-refractivity contribution in [1.82, 2.24) is 0 Å². The van der Waals surface area contributed by atoms with E-state index in [-0.39, 0.29) is 5.78 Å². The highest BCUT2D eigenvalue weighted by Gasteiger charge is 2.33. The van der Waals surface area contributed by atoms with Crippen molar-refractivity contribution in [2.75, 3.05) is 6.54 Å². The molecule has 7 heteroatoms. The van der Waals surface area contributed by atoms with Crippen LogP contribution in [0.2, 0.25) is 5.02 Å². The van der Waals surface area contributed by atoms with Gasteiger partial charge in [0.05, 0.1) is 6.54 Å². The standard InChI is InChI=1S/C19H18ClNO5/c1-19(2,18(24)25-16(22)11-21)26-15-9-5-13(6-10-15)17(23)12-3-7-14(20)8-4-12/h3-10H,11,21H2,1-2H3. The fraction of sp³-hybridized carbons (Fsp3) is 0.211. The van der Waals surface area contributed by atoms with Gasteiger partial charge in [-0.1, -0.05) is 11.6 Å². The Morgan fingerprint density at radius 2 is 1.46 bits per heavy atom. The molecule has 2 N–H and O–H groups in total. The van der Waals surface area contributed by atoms with Gasteiger partial charge < -0.3 is 15.2 Å². The first-order valence-electron chi connectivity index (χ1n) is 7.77. The molecule has 0 aliphatic carbocycles. The van der Waals surface area contributed by atoms with Crippen molar-refractivity contribution in [3.05, 3.63) is 64.7 Å². The summed E-state index contributed by atoms with van der Waals surface area (Å²) in [5.74, 6) is -1.51. The van der Waals surface area contributed by atoms with Gasteiger partial charge in [-0.2, -0.15) is 0 Å². The lowest BCUT2D eigenvalue weighted by Crippen LogP contribution is -2.41. The number of esters is 2. The van der Waals surface area contributed by atoms with Crippen LogP contribution in [0.5, 0.6) is 5.75 Å². The van der Waals surface area contributed by atoms with Crippen LogP contribution in [0.4, 0.5) is 0 Å².